The van der Waals surface area contributed by atoms with Gasteiger partial charge in [-0.25, -0.2) is 15.2 Å². The van der Waals surface area contributed by atoms with E-state index in [4.69, 9.17) is 0 Å². The zero-order chi connectivity index (χ0) is 9.97. The van der Waals surface area contributed by atoms with Gasteiger partial charge in [0.1, 0.15) is 5.82 Å². The first-order valence-corrected chi connectivity index (χ1v) is 4.30. The Labute approximate surface area is 80.4 Å². The minimum absolute atomic E-state index is 0.0532. The lowest BCUT2D eigenvalue weighted by Crippen LogP contribution is -2.37. The first kappa shape index (κ1) is 9.26. The number of hydrogen-bond acceptors (Lipinski definition) is 4. The Morgan fingerprint density at radius 2 is 2.07 bits per heavy atom. The van der Waals surface area contributed by atoms with Gasteiger partial charge in [0.2, 0.25) is 0 Å². The van der Waals surface area contributed by atoms with Crippen molar-refractivity contribution in [1.29, 1.82) is 0 Å². The maximum Gasteiger partial charge on any atom is 0.182 e. The second-order valence-electron chi connectivity index (χ2n) is 3.07. The Bertz CT molecular complexity index is 332. The maximum atomic E-state index is 12.6. The Balaban J connectivity index is 2.14. The van der Waals surface area contributed by atoms with Crippen LogP contribution in [0.5, 0.6) is 0 Å². The molecule has 3 N–H and O–H groups in total. The highest BCUT2D eigenvalue weighted by atomic mass is 19.1. The molecule has 0 radical (unpaired) electrons. The zero-order valence-electron chi connectivity index (χ0n) is 7.38. The van der Waals surface area contributed by atoms with Gasteiger partial charge in [-0.2, -0.15) is 5.53 Å². The van der Waals surface area contributed by atoms with E-state index in [9.17, 15) is 9.18 Å². The van der Waals surface area contributed by atoms with Crippen molar-refractivity contribution in [3.8, 4) is 0 Å². The number of nitrogens with one attached hydrogen (secondary N) is 3. The van der Waals surface area contributed by atoms with Crippen LogP contribution in [0.25, 0.3) is 0 Å². The van der Waals surface area contributed by atoms with Gasteiger partial charge in [0.05, 0.1) is 6.04 Å². The van der Waals surface area contributed by atoms with Gasteiger partial charge in [-0.1, -0.05) is 0 Å². The number of hydrazine groups is 2. The van der Waals surface area contributed by atoms with Crippen LogP contribution >= 0.6 is 0 Å². The van der Waals surface area contributed by atoms with E-state index in [1.165, 1.54) is 24.3 Å². The third kappa shape index (κ3) is 1.79. The molecule has 1 aliphatic heterocycles. The molecule has 0 spiro atoms. The molecule has 0 bridgehead atoms. The number of halogens is 1. The first-order valence-electron chi connectivity index (χ1n) is 4.30. The predicted molar refractivity (Wildman–Crippen MR) is 48.8 cm³/mol. The van der Waals surface area contributed by atoms with E-state index in [0.29, 0.717) is 12.1 Å². The third-order valence-electron chi connectivity index (χ3n) is 2.09. The summed E-state index contributed by atoms with van der Waals surface area (Å²) in [5, 5.41) is 0. The molecule has 74 valence electrons. The maximum absolute atomic E-state index is 12.6. The van der Waals surface area contributed by atoms with E-state index in [1.807, 2.05) is 0 Å². The van der Waals surface area contributed by atoms with Gasteiger partial charge in [0, 0.05) is 12.1 Å². The smallest absolute Gasteiger partial charge is 0.182 e. The summed E-state index contributed by atoms with van der Waals surface area (Å²) in [5.41, 5.74) is 8.69. The number of benzene rings is 1. The van der Waals surface area contributed by atoms with Crippen LogP contribution in [0.15, 0.2) is 24.3 Å². The number of rotatable bonds is 2. The summed E-state index contributed by atoms with van der Waals surface area (Å²) < 4.78 is 12.6. The van der Waals surface area contributed by atoms with Crippen molar-refractivity contribution < 1.29 is 9.18 Å². The van der Waals surface area contributed by atoms with Crippen molar-refractivity contribution in [3.63, 3.8) is 0 Å². The van der Waals surface area contributed by atoms with E-state index in [-0.39, 0.29) is 17.6 Å². The van der Waals surface area contributed by atoms with Gasteiger partial charge in [0.25, 0.3) is 0 Å². The van der Waals surface area contributed by atoms with Crippen molar-refractivity contribution in [3.05, 3.63) is 35.6 Å². The Hall–Kier alpha value is -1.30. The lowest BCUT2D eigenvalue weighted by molar-refractivity contribution is 0.0954. The molecule has 0 saturated carbocycles. The molecule has 0 aliphatic carbocycles. The number of carbonyl (C=O) groups is 1. The van der Waals surface area contributed by atoms with Crippen LogP contribution < -0.4 is 16.4 Å². The molecule has 1 aliphatic rings. The molecule has 1 aromatic rings. The SMILES string of the molecule is O=C(c1ccc(F)cc1)C1CNNN1. The van der Waals surface area contributed by atoms with Crippen LogP contribution in [-0.2, 0) is 0 Å². The van der Waals surface area contributed by atoms with E-state index in [2.05, 4.69) is 16.4 Å². The summed E-state index contributed by atoms with van der Waals surface area (Å²) in [7, 11) is 0. The largest absolute Gasteiger partial charge is 0.292 e. The highest BCUT2D eigenvalue weighted by molar-refractivity contribution is 6.00. The molecular formula is C9H10FN3O. The number of carbonyl (C=O) groups excluding carboxylic acids is 1. The van der Waals surface area contributed by atoms with Crippen LogP contribution in [-0.4, -0.2) is 18.4 Å². The van der Waals surface area contributed by atoms with Gasteiger partial charge in [-0.3, -0.25) is 4.79 Å². The quantitative estimate of drug-likeness (QED) is 0.581. The molecule has 5 heteroatoms. The van der Waals surface area contributed by atoms with E-state index in [1.54, 1.807) is 0 Å². The van der Waals surface area contributed by atoms with Crippen LogP contribution in [0.3, 0.4) is 0 Å². The van der Waals surface area contributed by atoms with E-state index in [0.717, 1.165) is 0 Å². The fraction of sp³-hybridized carbons (Fsp3) is 0.222. The Morgan fingerprint density at radius 1 is 1.36 bits per heavy atom. The van der Waals surface area contributed by atoms with Gasteiger partial charge in [0.15, 0.2) is 5.78 Å². The minimum Gasteiger partial charge on any atom is -0.292 e. The zero-order valence-corrected chi connectivity index (χ0v) is 7.38. The number of hydrogen-bond donors (Lipinski definition) is 3. The predicted octanol–water partition coefficient (Wildman–Crippen LogP) is -0.0106. The highest BCUT2D eigenvalue weighted by Gasteiger charge is 2.22. The number of Topliss-reactive ketones (excluding diaryl/α,β-unsaturated/α-hetero) is 1. The molecular weight excluding hydrogens is 185 g/mol. The van der Waals surface area contributed by atoms with E-state index >= 15 is 0 Å². The van der Waals surface area contributed by atoms with E-state index < -0.39 is 0 Å². The van der Waals surface area contributed by atoms with Crippen molar-refractivity contribution in [1.82, 2.24) is 16.4 Å². The topological polar surface area (TPSA) is 53.2 Å². The lowest BCUT2D eigenvalue weighted by Gasteiger charge is -2.06. The second kappa shape index (κ2) is 3.83. The molecule has 2 rings (SSSR count). The van der Waals surface area contributed by atoms with Gasteiger partial charge >= 0.3 is 0 Å². The van der Waals surface area contributed by atoms with Gasteiger partial charge in [-0.05, 0) is 24.3 Å². The fourth-order valence-corrected chi connectivity index (χ4v) is 1.32. The summed E-state index contributed by atoms with van der Waals surface area (Å²) in [4.78, 5) is 11.7. The highest BCUT2D eigenvalue weighted by Crippen LogP contribution is 2.06. The normalized spacial score (nSPS) is 21.1. The molecule has 1 saturated heterocycles. The molecule has 1 aromatic carbocycles. The first-order chi connectivity index (χ1) is 6.77. The van der Waals surface area contributed by atoms with Crippen LogP contribution in [0.2, 0.25) is 0 Å². The molecule has 1 fully saturated rings. The van der Waals surface area contributed by atoms with Gasteiger partial charge < -0.3 is 0 Å². The summed E-state index contributed by atoms with van der Waals surface area (Å²) in [5.74, 6) is -0.389. The summed E-state index contributed by atoms with van der Waals surface area (Å²) >= 11 is 0. The minimum atomic E-state index is -0.336. The molecule has 4 nitrogen and oxygen atoms in total. The molecule has 1 atom stereocenters. The lowest BCUT2D eigenvalue weighted by atomic mass is 10.1. The summed E-state index contributed by atoms with van der Waals surface area (Å²) in [6.07, 6.45) is 0. The molecule has 1 heterocycles. The van der Waals surface area contributed by atoms with Crippen molar-refractivity contribution in [2.45, 2.75) is 6.04 Å². The summed E-state index contributed by atoms with van der Waals surface area (Å²) in [6, 6.07) is 5.24. The standard InChI is InChI=1S/C9H10FN3O/c10-7-3-1-6(2-4-7)9(14)8-5-11-13-12-8/h1-4,8,11-13H,5H2. The van der Waals surface area contributed by atoms with Crippen molar-refractivity contribution >= 4 is 5.78 Å². The molecule has 0 aromatic heterocycles. The third-order valence-corrected chi connectivity index (χ3v) is 2.09. The van der Waals surface area contributed by atoms with Crippen LogP contribution in [0, 0.1) is 5.82 Å². The Morgan fingerprint density at radius 3 is 2.64 bits per heavy atom. The second-order valence-corrected chi connectivity index (χ2v) is 3.07. The van der Waals surface area contributed by atoms with Crippen LogP contribution in [0.1, 0.15) is 10.4 Å². The fourth-order valence-electron chi connectivity index (χ4n) is 1.32. The van der Waals surface area contributed by atoms with Crippen molar-refractivity contribution in [2.24, 2.45) is 0 Å². The average Bonchev–Trinajstić information content (AvgIpc) is 2.71. The molecule has 1 unspecified atom stereocenters. The van der Waals surface area contributed by atoms with Gasteiger partial charge in [-0.15, -0.1) is 0 Å². The monoisotopic (exact) mass is 195 g/mol. The van der Waals surface area contributed by atoms with Crippen LogP contribution in [0.4, 0.5) is 4.39 Å². The number of ketones is 1. The molecule has 0 amide bonds. The molecule has 14 heavy (non-hydrogen) atoms. The van der Waals surface area contributed by atoms with Crippen molar-refractivity contribution in [2.75, 3.05) is 6.54 Å². The average molecular weight is 195 g/mol. The summed E-state index contributed by atoms with van der Waals surface area (Å²) in [6.45, 7) is 0.524. The Kier molecular flexibility index (Phi) is 2.53.